The molecule has 0 radical (unpaired) electrons. The summed E-state index contributed by atoms with van der Waals surface area (Å²) in [5.41, 5.74) is 8.21. The van der Waals surface area contributed by atoms with Crippen LogP contribution in [-0.2, 0) is 98.8 Å². The third-order valence-electron chi connectivity index (χ3n) is 11.9. The molecule has 4 aromatic rings. The Morgan fingerprint density at radius 2 is 1.36 bits per heavy atom. The fourth-order valence-corrected chi connectivity index (χ4v) is 8.17. The van der Waals surface area contributed by atoms with Gasteiger partial charge in [0.2, 0.25) is 41.4 Å². The molecule has 80 heavy (non-hydrogen) atoms. The molecule has 23 nitrogen and oxygen atoms in total. The first-order chi connectivity index (χ1) is 38.0. The minimum atomic E-state index is -1.63. The zero-order valence-electron chi connectivity index (χ0n) is 44.6. The molecule has 1 heterocycles. The summed E-state index contributed by atoms with van der Waals surface area (Å²) in [5.74, 6) is -7.20. The molecule has 11 N–H and O–H groups in total. The topological polar surface area (TPSA) is 371 Å². The van der Waals surface area contributed by atoms with Crippen molar-refractivity contribution in [1.82, 2.24) is 31.6 Å². The number of hydrogen-bond donors (Lipinski definition) is 10. The number of carboxylic acid groups (broad SMARTS) is 1. The summed E-state index contributed by atoms with van der Waals surface area (Å²) in [5, 5.41) is 52.8. The molecular weight excluding hydrogens is 1170 g/mol. The zero-order chi connectivity index (χ0) is 58.1. The normalized spacial score (nSPS) is 12.6. The quantitative estimate of drug-likeness (QED) is 0.00836. The number of aliphatic imine (C=N–C) groups is 2. The van der Waals surface area contributed by atoms with E-state index in [1.54, 1.807) is 36.5 Å². The Hall–Kier alpha value is -6.28. The fourth-order valence-electron chi connectivity index (χ4n) is 7.87. The van der Waals surface area contributed by atoms with E-state index < -0.39 is 90.2 Å². The van der Waals surface area contributed by atoms with Crippen LogP contribution in [0.2, 0.25) is 0 Å². The van der Waals surface area contributed by atoms with Crippen molar-refractivity contribution in [3.05, 3.63) is 90.1 Å². The number of fused-ring (bicyclic) bond motifs is 1. The van der Waals surface area contributed by atoms with Crippen LogP contribution in [0.3, 0.4) is 0 Å². The van der Waals surface area contributed by atoms with Crippen molar-refractivity contribution in [3.8, 4) is 5.75 Å². The summed E-state index contributed by atoms with van der Waals surface area (Å²) in [6, 6.07) is 15.1. The number of carbonyl (C=O) groups is 8. The molecule has 27 heteroatoms. The summed E-state index contributed by atoms with van der Waals surface area (Å²) in [6.07, 6.45) is 6.24. The van der Waals surface area contributed by atoms with E-state index in [-0.39, 0.29) is 77.8 Å². The van der Waals surface area contributed by atoms with Crippen LogP contribution in [-0.4, -0.2) is 118 Å². The number of H-pyrrole nitrogens is 1. The number of para-hydroxylation sites is 1. The van der Waals surface area contributed by atoms with Gasteiger partial charge in [0.15, 0.2) is 0 Å². The van der Waals surface area contributed by atoms with Crippen LogP contribution in [0.5, 0.6) is 5.75 Å². The molecule has 426 valence electrons. The van der Waals surface area contributed by atoms with Gasteiger partial charge in [0, 0.05) is 67.2 Å². The molecule has 3 aromatic carbocycles. The Bertz CT molecular complexity index is 2720. The van der Waals surface area contributed by atoms with Crippen molar-refractivity contribution in [2.75, 3.05) is 36.0 Å². The number of anilines is 2. The number of unbranched alkanes of at least 4 members (excludes halogenated alkanes) is 5. The summed E-state index contributed by atoms with van der Waals surface area (Å²) in [4.78, 5) is 115. The summed E-state index contributed by atoms with van der Waals surface area (Å²) in [6.45, 7) is 2.21. The van der Waals surface area contributed by atoms with Crippen molar-refractivity contribution in [2.45, 2.75) is 121 Å². The summed E-state index contributed by atoms with van der Waals surface area (Å²) in [7, 11) is 0. The average molecular weight is 1240 g/mol. The van der Waals surface area contributed by atoms with Crippen molar-refractivity contribution in [3.63, 3.8) is 0 Å². The summed E-state index contributed by atoms with van der Waals surface area (Å²) < 4.78 is 8.22. The molecular formula is C53H67N11NaO12S2Tc. The first-order valence-electron chi connectivity index (χ1n) is 25.6. The number of nitrogens with two attached hydrogens (primary N) is 1. The van der Waals surface area contributed by atoms with Crippen LogP contribution < -0.4 is 82.7 Å². The second kappa shape index (κ2) is 39.2. The maximum absolute atomic E-state index is 14.2. The van der Waals surface area contributed by atoms with E-state index in [1.807, 2.05) is 31.2 Å². The molecule has 0 spiro atoms. The number of aliphatic carboxylic acids is 1. The van der Waals surface area contributed by atoms with Gasteiger partial charge in [-0.2, -0.15) is 0 Å². The Kier molecular flexibility index (Phi) is 34.2. The number of rotatable bonds is 34. The van der Waals surface area contributed by atoms with E-state index in [1.165, 1.54) is 18.2 Å². The molecule has 0 unspecified atom stereocenters. The number of benzene rings is 3. The molecule has 7 amide bonds. The van der Waals surface area contributed by atoms with E-state index >= 15 is 0 Å². The van der Waals surface area contributed by atoms with Gasteiger partial charge in [-0.05, 0) is 66.6 Å². The number of amides is 7. The van der Waals surface area contributed by atoms with Gasteiger partial charge in [-0.3, -0.25) is 48.3 Å². The number of hydrogen-bond acceptors (Lipinski definition) is 15. The number of amidine groups is 1. The number of aromatic nitrogens is 1. The molecule has 4 atom stereocenters. The van der Waals surface area contributed by atoms with Gasteiger partial charge >= 0.3 is 57.9 Å². The minimum absolute atomic E-state index is 0. The maximum atomic E-state index is 14.2. The SMILES string of the molecule is CCCC[C@H](NC(=O)[C@H](Cc1c[nH]c2ccccc12)NC(=O)CCCCCNC(=O)CCCCCN=C([S-])Nc1ccc([O-])c(NC(=O)CN=C([O-])C[S-])c1)C(=O)N[C@@H](CC(=O)O)C(=O)N[C@@H](Cc1ccccc1)C(N)=O.[Na+].[O]=[99Tc+3]. The first kappa shape index (κ1) is 69.8. The first-order valence-corrected chi connectivity index (χ1v) is 27.3. The van der Waals surface area contributed by atoms with Gasteiger partial charge < -0.3 is 88.5 Å². The zero-order valence-corrected chi connectivity index (χ0v) is 50.1. The molecule has 0 aliphatic heterocycles. The monoisotopic (exact) mass is 1240 g/mol. The van der Waals surface area contributed by atoms with Crippen LogP contribution in [0.1, 0.15) is 95.1 Å². The second-order valence-corrected chi connectivity index (χ2v) is 18.8. The van der Waals surface area contributed by atoms with Crippen LogP contribution in [0.15, 0.2) is 89.0 Å². The van der Waals surface area contributed by atoms with Crippen LogP contribution in [0.4, 0.5) is 11.4 Å². The average Bonchev–Trinajstić information content (AvgIpc) is 3.88. The predicted molar refractivity (Wildman–Crippen MR) is 294 cm³/mol. The Morgan fingerprint density at radius 3 is 2.05 bits per heavy atom. The number of carbonyl (C=O) groups excluding carboxylic acids is 7. The van der Waals surface area contributed by atoms with Crippen molar-refractivity contribution < 1.29 is 106 Å². The van der Waals surface area contributed by atoms with Gasteiger partial charge in [-0.25, -0.2) is 0 Å². The van der Waals surface area contributed by atoms with Crippen LogP contribution in [0, 0.1) is 0 Å². The van der Waals surface area contributed by atoms with Crippen molar-refractivity contribution in [2.24, 2.45) is 15.7 Å². The molecule has 0 aliphatic rings. The number of aromatic amines is 1. The molecule has 0 fully saturated rings. The second-order valence-electron chi connectivity index (χ2n) is 18.1. The predicted octanol–water partition coefficient (Wildman–Crippen LogP) is -1.51. The third kappa shape index (κ3) is 26.8. The Balaban J connectivity index is 0.00000720. The molecule has 0 bridgehead atoms. The molecule has 0 saturated heterocycles. The number of primary amides is 1. The number of nitrogens with one attached hydrogen (secondary N) is 8. The van der Waals surface area contributed by atoms with Crippen LogP contribution >= 0.6 is 0 Å². The van der Waals surface area contributed by atoms with E-state index in [0.717, 1.165) is 35.3 Å². The fraction of sp³-hybridized carbons (Fsp3) is 0.434. The van der Waals surface area contributed by atoms with Crippen molar-refractivity contribution >= 4 is 106 Å². The van der Waals surface area contributed by atoms with E-state index in [2.05, 4.69) is 64.8 Å². The molecule has 4 rings (SSSR count). The van der Waals surface area contributed by atoms with Crippen molar-refractivity contribution in [1.29, 1.82) is 0 Å². The van der Waals surface area contributed by atoms with E-state index in [4.69, 9.17) is 21.9 Å². The summed E-state index contributed by atoms with van der Waals surface area (Å²) >= 11 is 10.8. The van der Waals surface area contributed by atoms with Crippen LogP contribution in [0.25, 0.3) is 10.9 Å². The van der Waals surface area contributed by atoms with Gasteiger partial charge in [0.1, 0.15) is 30.7 Å². The standard InChI is InChI=1S/C53H71N11O11S2.Na.O.Tc/c1-2-3-18-38(50(73)64-42(29-48(70)71)52(75)63-40(49(54)72)26-33-15-7-4-8-16-33)62-51(74)41(27-34-30-57-37-19-12-11-17-36(34)37)61-45(67)21-10-6-13-24-55-44(66)20-9-5-14-25-56-53(77)59-35-22-23-43(65)39(28-35)60-46(68)31-58-47(69)32-76;;;/h4,7-8,11-12,15-17,19,22-23,28,30,38,40-42,57,65,76H,2-3,5-6,9-10,13-14,18,20-21,24-27,29,31-32H2,1H3,(H2,54,72)(H,55,66)(H,58,69)(H,60,68)(H,61,67)(H,62,74)(H,63,75)(H,64,73)(H,70,71)(H2,56,59,77);;;/q;+1;;+3/p-4/t38-,40-,41-,42-;;;/m0.../s1/i;;;1+1. The molecule has 1 aromatic heterocycles. The number of nitrogens with zero attached hydrogens (tertiary/aromatic N) is 2. The third-order valence-corrected chi connectivity index (χ3v) is 12.4. The number of carboxylic acids is 1. The molecule has 0 saturated carbocycles. The van der Waals surface area contributed by atoms with Gasteiger partial charge in [0.05, 0.1) is 6.42 Å². The van der Waals surface area contributed by atoms with E-state index in [9.17, 15) is 53.7 Å². The van der Waals surface area contributed by atoms with Gasteiger partial charge in [0.25, 0.3) is 0 Å². The Labute approximate surface area is 508 Å². The van der Waals surface area contributed by atoms with E-state index in [0.29, 0.717) is 82.1 Å². The van der Waals surface area contributed by atoms with Gasteiger partial charge in [-0.15, -0.1) is 5.75 Å². The van der Waals surface area contributed by atoms with Gasteiger partial charge in [-0.1, -0.05) is 98.9 Å². The molecule has 0 aliphatic carbocycles. The Morgan fingerprint density at radius 1 is 0.725 bits per heavy atom.